The third-order valence-corrected chi connectivity index (χ3v) is 1.49. The van der Waals surface area contributed by atoms with Gasteiger partial charge in [0.1, 0.15) is 0 Å². The van der Waals surface area contributed by atoms with Crippen LogP contribution >= 0.6 is 23.2 Å². The topological polar surface area (TPSA) is 0 Å². The largest absolute Gasteiger partial charge is 0.118 e. The summed E-state index contributed by atoms with van der Waals surface area (Å²) in [4.78, 5) is 0. The van der Waals surface area contributed by atoms with E-state index in [0.717, 1.165) is 5.57 Å². The van der Waals surface area contributed by atoms with E-state index in [1.54, 1.807) is 0 Å². The molecule has 0 aromatic carbocycles. The van der Waals surface area contributed by atoms with Crippen LogP contribution in [0.5, 0.6) is 0 Å². The summed E-state index contributed by atoms with van der Waals surface area (Å²) in [7, 11) is 0. The number of hydrogen-bond acceptors (Lipinski definition) is 0. The van der Waals surface area contributed by atoms with Gasteiger partial charge in [-0.25, -0.2) is 0 Å². The highest BCUT2D eigenvalue weighted by Crippen LogP contribution is 2.07. The van der Waals surface area contributed by atoms with Crippen molar-refractivity contribution < 1.29 is 0 Å². The maximum Gasteiger partial charge on any atom is 0.0525 e. The van der Waals surface area contributed by atoms with Crippen molar-refractivity contribution in [1.82, 2.24) is 0 Å². The van der Waals surface area contributed by atoms with Crippen molar-refractivity contribution >= 4 is 23.2 Å². The average molecular weight is 139 g/mol. The molecule has 0 aromatic heterocycles. The summed E-state index contributed by atoms with van der Waals surface area (Å²) >= 11 is 10.9. The zero-order valence-electron chi connectivity index (χ0n) is 4.41. The predicted molar refractivity (Wildman–Crippen MR) is 34.9 cm³/mol. The summed E-state index contributed by atoms with van der Waals surface area (Å²) in [6, 6.07) is 0. The minimum Gasteiger partial charge on any atom is -0.118 e. The van der Waals surface area contributed by atoms with Crippen LogP contribution < -0.4 is 0 Å². The molecule has 0 heterocycles. The Morgan fingerprint density at radius 2 is 2.14 bits per heavy atom. The Labute approximate surface area is 54.1 Å². The summed E-state index contributed by atoms with van der Waals surface area (Å²) in [6.45, 7) is 3.78. The van der Waals surface area contributed by atoms with Crippen LogP contribution in [0.25, 0.3) is 0 Å². The molecule has 0 amide bonds. The summed E-state index contributed by atoms with van der Waals surface area (Å²) in [5.41, 5.74) is 2.50. The fraction of sp³-hybridized carbons (Fsp3) is 0.600. The molecule has 2 heteroatoms. The van der Waals surface area contributed by atoms with Gasteiger partial charge in [-0.3, -0.25) is 0 Å². The van der Waals surface area contributed by atoms with Gasteiger partial charge < -0.3 is 0 Å². The maximum absolute atomic E-state index is 5.58. The summed E-state index contributed by atoms with van der Waals surface area (Å²) in [5.74, 6) is 0. The van der Waals surface area contributed by atoms with E-state index in [1.165, 1.54) is 5.54 Å². The Kier molecular flexibility index (Phi) is 3.49. The molecule has 0 fully saturated rings. The third-order valence-electron chi connectivity index (χ3n) is 0.800. The van der Waals surface area contributed by atoms with Gasteiger partial charge in [0.2, 0.25) is 0 Å². The smallest absolute Gasteiger partial charge is 0.0525 e. The van der Waals surface area contributed by atoms with Crippen LogP contribution in [0.3, 0.4) is 0 Å². The van der Waals surface area contributed by atoms with Crippen molar-refractivity contribution in [2.24, 2.45) is 0 Å². The van der Waals surface area contributed by atoms with E-state index in [9.17, 15) is 0 Å². The first-order valence-corrected chi connectivity index (χ1v) is 2.96. The Balaban J connectivity index is 3.56. The van der Waals surface area contributed by atoms with Crippen molar-refractivity contribution in [3.05, 3.63) is 11.1 Å². The van der Waals surface area contributed by atoms with Gasteiger partial charge in [-0.1, -0.05) is 11.6 Å². The summed E-state index contributed by atoms with van der Waals surface area (Å²) in [6.07, 6.45) is 0. The van der Waals surface area contributed by atoms with Crippen molar-refractivity contribution in [3.8, 4) is 0 Å². The van der Waals surface area contributed by atoms with Gasteiger partial charge in [0.15, 0.2) is 0 Å². The fourth-order valence-electron chi connectivity index (χ4n) is 0.0868. The number of halogens is 2. The highest BCUT2D eigenvalue weighted by molar-refractivity contribution is 6.27. The lowest BCUT2D eigenvalue weighted by Gasteiger charge is -1.96. The second-order valence-electron chi connectivity index (χ2n) is 1.47. The average Bonchev–Trinajstić information content (AvgIpc) is 1.65. The lowest BCUT2D eigenvalue weighted by molar-refractivity contribution is 1.11. The molecule has 0 aliphatic carbocycles. The fourth-order valence-corrected chi connectivity index (χ4v) is 0.403. The third kappa shape index (κ3) is 2.95. The molecule has 0 nitrogen and oxygen atoms in total. The molecule has 0 rings (SSSR count). The molecule has 0 saturated carbocycles. The van der Waals surface area contributed by atoms with Gasteiger partial charge in [-0.2, -0.15) is 0 Å². The van der Waals surface area contributed by atoms with E-state index in [-0.39, 0.29) is 5.38 Å². The number of hydrogen-bond donors (Lipinski definition) is 0. The maximum atomic E-state index is 5.58. The minimum absolute atomic E-state index is 0.0671. The first-order valence-electron chi connectivity index (χ1n) is 2.09. The molecule has 0 aliphatic heterocycles. The van der Waals surface area contributed by atoms with E-state index in [4.69, 9.17) is 23.2 Å². The zero-order chi connectivity index (χ0) is 5.86. The van der Waals surface area contributed by atoms with Crippen LogP contribution in [-0.4, -0.2) is 5.38 Å². The number of alkyl halides is 1. The van der Waals surface area contributed by atoms with Crippen LogP contribution in [-0.2, 0) is 0 Å². The molecule has 0 N–H and O–H groups in total. The molecule has 0 bridgehead atoms. The lowest BCUT2D eigenvalue weighted by atomic mass is 10.3. The lowest BCUT2D eigenvalue weighted by Crippen LogP contribution is -1.89. The molecule has 42 valence electrons. The molecule has 1 unspecified atom stereocenters. The molecule has 0 aromatic rings. The van der Waals surface area contributed by atoms with Gasteiger partial charge in [0.25, 0.3) is 0 Å². The van der Waals surface area contributed by atoms with Crippen molar-refractivity contribution in [1.29, 1.82) is 0 Å². The van der Waals surface area contributed by atoms with Gasteiger partial charge in [0.05, 0.1) is 5.38 Å². The van der Waals surface area contributed by atoms with Crippen LogP contribution in [0.2, 0.25) is 0 Å². The Morgan fingerprint density at radius 3 is 2.14 bits per heavy atom. The molecule has 0 aliphatic rings. The van der Waals surface area contributed by atoms with E-state index in [1.807, 2.05) is 13.8 Å². The molecule has 1 atom stereocenters. The SMILES string of the molecule is C/C(=C/Cl)C(C)Cl. The van der Waals surface area contributed by atoms with Crippen LogP contribution in [0.4, 0.5) is 0 Å². The number of rotatable bonds is 1. The molecule has 0 spiro atoms. The monoisotopic (exact) mass is 138 g/mol. The van der Waals surface area contributed by atoms with E-state index in [2.05, 4.69) is 0 Å². The van der Waals surface area contributed by atoms with E-state index >= 15 is 0 Å². The normalized spacial score (nSPS) is 16.9. The Bertz CT molecular complexity index is 74.1. The predicted octanol–water partition coefficient (Wildman–Crippen LogP) is 2.76. The summed E-state index contributed by atoms with van der Waals surface area (Å²) in [5, 5.41) is 0.0671. The van der Waals surface area contributed by atoms with Gasteiger partial charge in [0, 0.05) is 5.54 Å². The Morgan fingerprint density at radius 1 is 1.71 bits per heavy atom. The summed E-state index contributed by atoms with van der Waals surface area (Å²) < 4.78 is 0. The van der Waals surface area contributed by atoms with E-state index < -0.39 is 0 Å². The second-order valence-corrected chi connectivity index (χ2v) is 2.34. The molecular formula is C5H8Cl2. The first-order chi connectivity index (χ1) is 3.18. The molecule has 7 heavy (non-hydrogen) atoms. The van der Waals surface area contributed by atoms with Crippen LogP contribution in [0, 0.1) is 0 Å². The van der Waals surface area contributed by atoms with Crippen molar-refractivity contribution in [3.63, 3.8) is 0 Å². The standard InChI is InChI=1S/C5H8Cl2/c1-4(3-6)5(2)7/h3,5H,1-2H3/b4-3-. The van der Waals surface area contributed by atoms with Gasteiger partial charge >= 0.3 is 0 Å². The molecular weight excluding hydrogens is 131 g/mol. The van der Waals surface area contributed by atoms with Crippen molar-refractivity contribution in [2.45, 2.75) is 19.2 Å². The highest BCUT2D eigenvalue weighted by Gasteiger charge is 1.94. The second kappa shape index (κ2) is 3.34. The zero-order valence-corrected chi connectivity index (χ0v) is 5.92. The van der Waals surface area contributed by atoms with Crippen molar-refractivity contribution in [2.75, 3.05) is 0 Å². The van der Waals surface area contributed by atoms with Gasteiger partial charge in [-0.05, 0) is 19.4 Å². The number of allylic oxidation sites excluding steroid dienone is 1. The van der Waals surface area contributed by atoms with Crippen LogP contribution in [0.15, 0.2) is 11.1 Å². The van der Waals surface area contributed by atoms with E-state index in [0.29, 0.717) is 0 Å². The Hall–Kier alpha value is 0.320. The first kappa shape index (κ1) is 7.32. The molecule has 0 radical (unpaired) electrons. The highest BCUT2D eigenvalue weighted by atomic mass is 35.5. The van der Waals surface area contributed by atoms with Crippen LogP contribution in [0.1, 0.15) is 13.8 Å². The molecule has 0 saturated heterocycles. The quantitative estimate of drug-likeness (QED) is 0.490. The minimum atomic E-state index is 0.0671. The van der Waals surface area contributed by atoms with Gasteiger partial charge in [-0.15, -0.1) is 11.6 Å².